The summed E-state index contributed by atoms with van der Waals surface area (Å²) < 4.78 is 8.89. The van der Waals surface area contributed by atoms with Crippen LogP contribution in [0.15, 0.2) is 192 Å². The Kier molecular flexibility index (Phi) is 7.37. The summed E-state index contributed by atoms with van der Waals surface area (Å²) >= 11 is 1.86. The van der Waals surface area contributed by atoms with Crippen molar-refractivity contribution in [3.05, 3.63) is 188 Å². The third-order valence-electron chi connectivity index (χ3n) is 11.3. The lowest BCUT2D eigenvalue weighted by atomic mass is 9.95. The largest absolute Gasteiger partial charge is 0.456 e. The van der Waals surface area contributed by atoms with Crippen LogP contribution in [0.3, 0.4) is 0 Å². The van der Waals surface area contributed by atoms with Gasteiger partial charge in [0.2, 0.25) is 0 Å². The molecule has 270 valence electrons. The summed E-state index contributed by atoms with van der Waals surface area (Å²) in [6, 6.07) is 66.3. The zero-order valence-corrected chi connectivity index (χ0v) is 31.9. The third-order valence-corrected chi connectivity index (χ3v) is 12.6. The van der Waals surface area contributed by atoms with Gasteiger partial charge in [0.05, 0.1) is 0 Å². The lowest BCUT2D eigenvalue weighted by Gasteiger charge is -2.13. The Hall–Kier alpha value is -7.47. The highest BCUT2D eigenvalue weighted by atomic mass is 32.1. The fourth-order valence-corrected chi connectivity index (χ4v) is 9.86. The standard InChI is InChI=1S/C53H31N3OS/c1-2-13-33(14-3-1)40-19-10-21-44-45-22-11-20-41(50(45)58-49(40)44)38-29-35-16-6-7-17-39(35)46(30-38)53-55-51(36-25-24-32-12-4-5-15-34(32)28-36)54-52(56-53)37-26-27-43-42-18-8-9-23-47(42)57-48(43)31-37/h1-31H. The van der Waals surface area contributed by atoms with Crippen LogP contribution in [0.4, 0.5) is 0 Å². The fourth-order valence-electron chi connectivity index (χ4n) is 8.49. The van der Waals surface area contributed by atoms with Crippen LogP contribution in [0.1, 0.15) is 0 Å². The summed E-state index contributed by atoms with van der Waals surface area (Å²) in [7, 11) is 0. The molecule has 0 fully saturated rings. The highest BCUT2D eigenvalue weighted by molar-refractivity contribution is 7.26. The normalized spacial score (nSPS) is 11.8. The van der Waals surface area contributed by atoms with E-state index in [2.05, 4.69) is 170 Å². The molecule has 0 spiro atoms. The number of nitrogens with zero attached hydrogens (tertiary/aromatic N) is 3. The predicted octanol–water partition coefficient (Wildman–Crippen LogP) is 14.8. The van der Waals surface area contributed by atoms with Crippen LogP contribution in [0.25, 0.3) is 120 Å². The van der Waals surface area contributed by atoms with Gasteiger partial charge in [0, 0.05) is 47.6 Å². The molecule has 9 aromatic carbocycles. The lowest BCUT2D eigenvalue weighted by Crippen LogP contribution is -2.01. The van der Waals surface area contributed by atoms with E-state index in [-0.39, 0.29) is 0 Å². The van der Waals surface area contributed by atoms with Gasteiger partial charge >= 0.3 is 0 Å². The maximum Gasteiger partial charge on any atom is 0.164 e. The number of aromatic nitrogens is 3. The molecule has 0 saturated carbocycles. The van der Waals surface area contributed by atoms with Gasteiger partial charge in [0.1, 0.15) is 11.2 Å². The van der Waals surface area contributed by atoms with Crippen molar-refractivity contribution in [1.82, 2.24) is 15.0 Å². The number of benzene rings is 9. The minimum atomic E-state index is 0.588. The first-order valence-corrected chi connectivity index (χ1v) is 20.2. The molecule has 0 unspecified atom stereocenters. The van der Waals surface area contributed by atoms with Crippen LogP contribution in [-0.2, 0) is 0 Å². The van der Waals surface area contributed by atoms with Crippen LogP contribution in [-0.4, -0.2) is 15.0 Å². The van der Waals surface area contributed by atoms with Gasteiger partial charge in [-0.05, 0) is 80.2 Å². The quantitative estimate of drug-likeness (QED) is 0.175. The Morgan fingerprint density at radius 1 is 0.310 bits per heavy atom. The molecule has 58 heavy (non-hydrogen) atoms. The van der Waals surface area contributed by atoms with Gasteiger partial charge in [-0.1, -0.05) is 152 Å². The summed E-state index contributed by atoms with van der Waals surface area (Å²) in [5, 5.41) is 9.18. The van der Waals surface area contributed by atoms with Crippen molar-refractivity contribution >= 4 is 75.0 Å². The van der Waals surface area contributed by atoms with E-state index in [0.29, 0.717) is 17.5 Å². The van der Waals surface area contributed by atoms with Crippen molar-refractivity contribution in [2.45, 2.75) is 0 Å². The van der Waals surface area contributed by atoms with Gasteiger partial charge in [0.25, 0.3) is 0 Å². The number of para-hydroxylation sites is 1. The molecule has 12 rings (SSSR count). The Bertz CT molecular complexity index is 3590. The first kappa shape index (κ1) is 32.7. The second-order valence-corrected chi connectivity index (χ2v) is 15.8. The molecule has 0 atom stereocenters. The van der Waals surface area contributed by atoms with Crippen molar-refractivity contribution in [3.8, 4) is 56.4 Å². The van der Waals surface area contributed by atoms with Crippen molar-refractivity contribution in [3.63, 3.8) is 0 Å². The van der Waals surface area contributed by atoms with E-state index in [1.807, 2.05) is 29.5 Å². The van der Waals surface area contributed by atoms with Crippen LogP contribution in [0.2, 0.25) is 0 Å². The number of hydrogen-bond donors (Lipinski definition) is 0. The van der Waals surface area contributed by atoms with E-state index in [0.717, 1.165) is 60.4 Å². The van der Waals surface area contributed by atoms with Gasteiger partial charge in [-0.3, -0.25) is 0 Å². The summed E-state index contributed by atoms with van der Waals surface area (Å²) in [5.41, 5.74) is 9.18. The molecule has 0 bridgehead atoms. The monoisotopic (exact) mass is 757 g/mol. The second-order valence-electron chi connectivity index (χ2n) is 14.8. The molecular formula is C53H31N3OS. The highest BCUT2D eigenvalue weighted by Gasteiger charge is 2.19. The summed E-state index contributed by atoms with van der Waals surface area (Å²) in [6.45, 7) is 0. The van der Waals surface area contributed by atoms with Crippen molar-refractivity contribution in [1.29, 1.82) is 0 Å². The molecule has 0 radical (unpaired) electrons. The first-order valence-electron chi connectivity index (χ1n) is 19.4. The van der Waals surface area contributed by atoms with Gasteiger partial charge in [-0.2, -0.15) is 0 Å². The molecule has 0 aliphatic carbocycles. The summed E-state index contributed by atoms with van der Waals surface area (Å²) in [5.74, 6) is 1.82. The minimum Gasteiger partial charge on any atom is -0.456 e. The van der Waals surface area contributed by atoms with E-state index < -0.39 is 0 Å². The molecule has 4 nitrogen and oxygen atoms in total. The molecule has 0 saturated heterocycles. The Morgan fingerprint density at radius 3 is 1.67 bits per heavy atom. The van der Waals surface area contributed by atoms with E-state index in [4.69, 9.17) is 19.4 Å². The molecule has 0 amide bonds. The molecule has 0 N–H and O–H groups in total. The number of rotatable bonds is 5. The molecular weight excluding hydrogens is 727 g/mol. The van der Waals surface area contributed by atoms with Crippen molar-refractivity contribution in [2.24, 2.45) is 0 Å². The zero-order valence-electron chi connectivity index (χ0n) is 31.1. The van der Waals surface area contributed by atoms with Gasteiger partial charge in [0.15, 0.2) is 17.5 Å². The number of thiophene rings is 1. The molecule has 0 aliphatic heterocycles. The van der Waals surface area contributed by atoms with E-state index in [9.17, 15) is 0 Å². The Morgan fingerprint density at radius 2 is 0.879 bits per heavy atom. The van der Waals surface area contributed by atoms with E-state index >= 15 is 0 Å². The second kappa shape index (κ2) is 13.1. The maximum absolute atomic E-state index is 6.33. The van der Waals surface area contributed by atoms with Crippen LogP contribution < -0.4 is 0 Å². The van der Waals surface area contributed by atoms with Gasteiger partial charge < -0.3 is 4.42 Å². The smallest absolute Gasteiger partial charge is 0.164 e. The third kappa shape index (κ3) is 5.32. The average Bonchev–Trinajstić information content (AvgIpc) is 3.87. The van der Waals surface area contributed by atoms with Crippen LogP contribution in [0.5, 0.6) is 0 Å². The molecule has 3 heterocycles. The summed E-state index contributed by atoms with van der Waals surface area (Å²) in [6.07, 6.45) is 0. The van der Waals surface area contributed by atoms with Crippen LogP contribution in [0, 0.1) is 0 Å². The summed E-state index contributed by atoms with van der Waals surface area (Å²) in [4.78, 5) is 15.7. The number of furan rings is 1. The fraction of sp³-hybridized carbons (Fsp3) is 0. The molecule has 3 aromatic heterocycles. The van der Waals surface area contributed by atoms with E-state index in [1.54, 1.807) is 0 Å². The van der Waals surface area contributed by atoms with Crippen molar-refractivity contribution in [2.75, 3.05) is 0 Å². The Balaban J connectivity index is 1.09. The van der Waals surface area contributed by atoms with E-state index in [1.165, 1.54) is 42.2 Å². The highest BCUT2D eigenvalue weighted by Crippen LogP contribution is 2.45. The topological polar surface area (TPSA) is 51.8 Å². The van der Waals surface area contributed by atoms with Crippen LogP contribution >= 0.6 is 11.3 Å². The zero-order chi connectivity index (χ0) is 38.2. The molecule has 5 heteroatoms. The van der Waals surface area contributed by atoms with Gasteiger partial charge in [-0.25, -0.2) is 15.0 Å². The predicted molar refractivity (Wildman–Crippen MR) is 242 cm³/mol. The number of fused-ring (bicyclic) bond motifs is 8. The SMILES string of the molecule is c1ccc(-c2cccc3c2sc2c(-c4cc(-c5nc(-c6ccc7ccccc7c6)nc(-c6ccc7c(c6)oc6ccccc67)n5)c5ccccc5c4)cccc23)cc1. The number of hydrogen-bond acceptors (Lipinski definition) is 5. The average molecular weight is 758 g/mol. The van der Waals surface area contributed by atoms with Gasteiger partial charge in [-0.15, -0.1) is 11.3 Å². The minimum absolute atomic E-state index is 0.588. The maximum atomic E-state index is 6.33. The Labute approximate surface area is 337 Å². The lowest BCUT2D eigenvalue weighted by molar-refractivity contribution is 0.669. The van der Waals surface area contributed by atoms with Crippen molar-refractivity contribution < 1.29 is 4.42 Å². The molecule has 12 aromatic rings. The molecule has 0 aliphatic rings. The first-order chi connectivity index (χ1) is 28.7.